The van der Waals surface area contributed by atoms with E-state index in [1.807, 2.05) is 20.8 Å². The van der Waals surface area contributed by atoms with Gasteiger partial charge in [-0.05, 0) is 25.2 Å². The monoisotopic (exact) mass is 270 g/mol. The van der Waals surface area contributed by atoms with Crippen molar-refractivity contribution in [3.8, 4) is 0 Å². The minimum absolute atomic E-state index is 0.128. The average Bonchev–Trinajstić information content (AvgIpc) is 2.55. The Morgan fingerprint density at radius 1 is 1.21 bits per heavy atom. The van der Waals surface area contributed by atoms with Crippen molar-refractivity contribution in [2.75, 3.05) is 0 Å². The second-order valence-corrected chi connectivity index (χ2v) is 7.96. The Hall–Kier alpha value is -0.160. The van der Waals surface area contributed by atoms with Crippen LogP contribution in [0.5, 0.6) is 0 Å². The number of ether oxygens (including phenoxy) is 1. The summed E-state index contributed by atoms with van der Waals surface area (Å²) in [6.45, 7) is 5.99. The van der Waals surface area contributed by atoms with E-state index in [4.69, 9.17) is 4.74 Å². The molecule has 110 valence electrons. The van der Waals surface area contributed by atoms with Crippen molar-refractivity contribution < 1.29 is 20.1 Å². The number of aliphatic hydroxyl groups is 3. The Balaban J connectivity index is 1.80. The van der Waals surface area contributed by atoms with Crippen LogP contribution < -0.4 is 0 Å². The zero-order valence-electron chi connectivity index (χ0n) is 12.1. The maximum absolute atomic E-state index is 10.6. The summed E-state index contributed by atoms with van der Waals surface area (Å²) in [7, 11) is 0. The van der Waals surface area contributed by atoms with Crippen LogP contribution in [0, 0.1) is 11.3 Å². The van der Waals surface area contributed by atoms with E-state index in [9.17, 15) is 15.3 Å². The van der Waals surface area contributed by atoms with Crippen LogP contribution in [0.3, 0.4) is 0 Å². The summed E-state index contributed by atoms with van der Waals surface area (Å²) >= 11 is 0. The van der Waals surface area contributed by atoms with Crippen molar-refractivity contribution in [2.24, 2.45) is 11.3 Å². The molecule has 4 nitrogen and oxygen atoms in total. The van der Waals surface area contributed by atoms with Crippen LogP contribution in [-0.4, -0.2) is 38.4 Å². The Bertz CT molecular complexity index is 392. The summed E-state index contributed by atoms with van der Waals surface area (Å²) in [5.74, 6) is 0.128. The number of rotatable bonds is 4. The highest BCUT2D eigenvalue weighted by atomic mass is 16.6. The van der Waals surface area contributed by atoms with Gasteiger partial charge < -0.3 is 20.1 Å². The molecule has 0 amide bonds. The molecule has 0 heterocycles. The van der Waals surface area contributed by atoms with Gasteiger partial charge in [-0.15, -0.1) is 0 Å². The molecule has 19 heavy (non-hydrogen) atoms. The predicted molar refractivity (Wildman–Crippen MR) is 70.4 cm³/mol. The quantitative estimate of drug-likeness (QED) is 0.678. The fourth-order valence-electron chi connectivity index (χ4n) is 4.55. The highest BCUT2D eigenvalue weighted by molar-refractivity contribution is 5.21. The van der Waals surface area contributed by atoms with Crippen molar-refractivity contribution in [3.63, 3.8) is 0 Å². The van der Waals surface area contributed by atoms with Gasteiger partial charge in [-0.25, -0.2) is 0 Å². The van der Waals surface area contributed by atoms with E-state index >= 15 is 0 Å². The number of aliphatic hydroxyl groups excluding tert-OH is 1. The molecule has 4 rings (SSSR count). The first-order valence-corrected chi connectivity index (χ1v) is 7.43. The van der Waals surface area contributed by atoms with E-state index in [0.717, 1.165) is 12.8 Å². The Morgan fingerprint density at radius 2 is 1.89 bits per heavy atom. The van der Waals surface area contributed by atoms with Crippen molar-refractivity contribution in [1.29, 1.82) is 0 Å². The summed E-state index contributed by atoms with van der Waals surface area (Å²) in [6, 6.07) is 0. The van der Waals surface area contributed by atoms with E-state index in [1.165, 1.54) is 0 Å². The van der Waals surface area contributed by atoms with Gasteiger partial charge >= 0.3 is 0 Å². The van der Waals surface area contributed by atoms with Crippen LogP contribution >= 0.6 is 0 Å². The lowest BCUT2D eigenvalue weighted by atomic mass is 9.74. The molecule has 5 atom stereocenters. The first kappa shape index (κ1) is 13.8. The fourth-order valence-corrected chi connectivity index (χ4v) is 4.55. The Labute approximate surface area is 114 Å². The van der Waals surface area contributed by atoms with Crippen LogP contribution in [0.2, 0.25) is 0 Å². The van der Waals surface area contributed by atoms with Gasteiger partial charge in [-0.1, -0.05) is 20.8 Å². The minimum Gasteiger partial charge on any atom is -0.390 e. The predicted octanol–water partition coefficient (Wildman–Crippen LogP) is 1.57. The summed E-state index contributed by atoms with van der Waals surface area (Å²) in [5.41, 5.74) is -2.40. The second kappa shape index (κ2) is 3.73. The third-order valence-corrected chi connectivity index (χ3v) is 5.86. The van der Waals surface area contributed by atoms with E-state index < -0.39 is 23.1 Å². The Morgan fingerprint density at radius 3 is 2.42 bits per heavy atom. The molecule has 4 heteroatoms. The first-order chi connectivity index (χ1) is 8.62. The maximum atomic E-state index is 10.6. The third kappa shape index (κ3) is 1.96. The van der Waals surface area contributed by atoms with Gasteiger partial charge in [0.25, 0.3) is 0 Å². The zero-order valence-corrected chi connectivity index (χ0v) is 12.1. The van der Waals surface area contributed by atoms with E-state index in [0.29, 0.717) is 25.7 Å². The fraction of sp³-hybridized carbons (Fsp3) is 1.00. The van der Waals surface area contributed by atoms with Crippen LogP contribution in [0.1, 0.15) is 59.3 Å². The summed E-state index contributed by atoms with van der Waals surface area (Å²) in [6.07, 6.45) is 3.01. The van der Waals surface area contributed by atoms with E-state index in [2.05, 4.69) is 0 Å². The molecule has 4 fully saturated rings. The van der Waals surface area contributed by atoms with Crippen molar-refractivity contribution >= 4 is 0 Å². The molecule has 3 N–H and O–H groups in total. The molecule has 0 spiro atoms. The zero-order chi connectivity index (χ0) is 14.1. The van der Waals surface area contributed by atoms with Crippen LogP contribution in [0.4, 0.5) is 0 Å². The van der Waals surface area contributed by atoms with E-state index in [1.54, 1.807) is 0 Å². The van der Waals surface area contributed by atoms with E-state index in [-0.39, 0.29) is 11.3 Å². The molecule has 0 radical (unpaired) electrons. The van der Waals surface area contributed by atoms with Crippen LogP contribution in [0.15, 0.2) is 0 Å². The lowest BCUT2D eigenvalue weighted by molar-refractivity contribution is -0.259. The minimum atomic E-state index is -0.846. The second-order valence-electron chi connectivity index (χ2n) is 7.96. The van der Waals surface area contributed by atoms with Gasteiger partial charge in [-0.2, -0.15) is 0 Å². The first-order valence-electron chi connectivity index (χ1n) is 7.43. The highest BCUT2D eigenvalue weighted by Crippen LogP contribution is 2.65. The Kier molecular flexibility index (Phi) is 2.71. The molecular formula is C15H26O4. The van der Waals surface area contributed by atoms with Crippen molar-refractivity contribution in [3.05, 3.63) is 0 Å². The average molecular weight is 270 g/mol. The van der Waals surface area contributed by atoms with Crippen molar-refractivity contribution in [2.45, 2.75) is 82.4 Å². The highest BCUT2D eigenvalue weighted by Gasteiger charge is 2.70. The molecule has 0 saturated heterocycles. The maximum Gasteiger partial charge on any atom is 0.160 e. The van der Waals surface area contributed by atoms with Gasteiger partial charge in [0.15, 0.2) is 6.29 Å². The van der Waals surface area contributed by atoms with Gasteiger partial charge in [0.05, 0.1) is 16.8 Å². The van der Waals surface area contributed by atoms with Gasteiger partial charge in [-0.3, -0.25) is 0 Å². The SMILES string of the molecule is CCC(C)(C)C(O)OC12CC3CC(O)(C1)CC3(O)C2. The van der Waals surface area contributed by atoms with Gasteiger partial charge in [0.2, 0.25) is 0 Å². The lowest BCUT2D eigenvalue weighted by Crippen LogP contribution is -2.52. The smallest absolute Gasteiger partial charge is 0.160 e. The molecule has 4 bridgehead atoms. The third-order valence-electron chi connectivity index (χ3n) is 5.86. The molecule has 0 aromatic carbocycles. The molecule has 0 aliphatic heterocycles. The summed E-state index contributed by atoms with van der Waals surface area (Å²) in [5, 5.41) is 31.4. The molecule has 4 aliphatic carbocycles. The molecule has 4 aliphatic rings. The topological polar surface area (TPSA) is 69.9 Å². The summed E-state index contributed by atoms with van der Waals surface area (Å²) in [4.78, 5) is 0. The largest absolute Gasteiger partial charge is 0.390 e. The van der Waals surface area contributed by atoms with Crippen molar-refractivity contribution in [1.82, 2.24) is 0 Å². The molecule has 5 unspecified atom stereocenters. The molecular weight excluding hydrogens is 244 g/mol. The molecule has 0 aromatic heterocycles. The summed E-state index contributed by atoms with van der Waals surface area (Å²) < 4.78 is 5.99. The van der Waals surface area contributed by atoms with Gasteiger partial charge in [0, 0.05) is 24.7 Å². The van der Waals surface area contributed by atoms with Crippen LogP contribution in [-0.2, 0) is 4.74 Å². The van der Waals surface area contributed by atoms with Crippen LogP contribution in [0.25, 0.3) is 0 Å². The normalized spacial score (nSPS) is 49.9. The molecule has 0 aromatic rings. The molecule has 4 saturated carbocycles. The van der Waals surface area contributed by atoms with Gasteiger partial charge in [0.1, 0.15) is 0 Å². The number of hydrogen-bond donors (Lipinski definition) is 3. The lowest BCUT2D eigenvalue weighted by Gasteiger charge is -2.46. The number of hydrogen-bond acceptors (Lipinski definition) is 4. The standard InChI is InChI=1S/C15H26O4/c1-4-12(2,3)11(16)19-14-6-10-5-13(17,7-14)8-15(10,18)9-14/h10-11,16-18H,4-9H2,1-3H3.